The number of benzene rings is 3. The Morgan fingerprint density at radius 3 is 2.68 bits per heavy atom. The second kappa shape index (κ2) is 6.32. The third-order valence-corrected chi connectivity index (χ3v) is 7.15. The molecule has 1 aromatic heterocycles. The van der Waals surface area contributed by atoms with E-state index in [1.165, 1.54) is 0 Å². The number of hydrogen-bond donors (Lipinski definition) is 2. The van der Waals surface area contributed by atoms with E-state index in [0.717, 1.165) is 30.6 Å². The van der Waals surface area contributed by atoms with Crippen LogP contribution in [0.3, 0.4) is 0 Å². The number of hydrogen-bond acceptors (Lipinski definition) is 5. The molecule has 28 heavy (non-hydrogen) atoms. The zero-order valence-electron chi connectivity index (χ0n) is 15.2. The van der Waals surface area contributed by atoms with Crippen molar-refractivity contribution in [2.45, 2.75) is 22.4 Å². The highest BCUT2D eigenvalue weighted by molar-refractivity contribution is 7.91. The predicted molar refractivity (Wildman–Crippen MR) is 110 cm³/mol. The minimum atomic E-state index is -3.79. The van der Waals surface area contributed by atoms with Crippen molar-refractivity contribution < 1.29 is 8.42 Å². The lowest BCUT2D eigenvalue weighted by Crippen LogP contribution is -2.26. The van der Waals surface area contributed by atoms with Crippen molar-refractivity contribution in [3.63, 3.8) is 0 Å². The Hall–Kier alpha value is -2.90. The zero-order chi connectivity index (χ0) is 19.3. The molecular weight excluding hydrogens is 372 g/mol. The number of nitrogens with one attached hydrogen (secondary N) is 1. The molecule has 5 rings (SSSR count). The Bertz CT molecular complexity index is 1290. The van der Waals surface area contributed by atoms with Crippen LogP contribution in [0.2, 0.25) is 0 Å². The number of rotatable bonds is 3. The summed E-state index contributed by atoms with van der Waals surface area (Å²) in [5.74, 6) is 0. The Morgan fingerprint density at radius 1 is 1.04 bits per heavy atom. The molecule has 2 heterocycles. The maximum atomic E-state index is 13.5. The Labute approximate surface area is 162 Å². The highest BCUT2D eigenvalue weighted by Crippen LogP contribution is 2.33. The number of H-pyrrole nitrogens is 1. The number of nitrogens with two attached hydrogens (primary N) is 1. The summed E-state index contributed by atoms with van der Waals surface area (Å²) in [6.07, 6.45) is 0.935. The first-order chi connectivity index (χ1) is 13.5. The van der Waals surface area contributed by atoms with Crippen LogP contribution < -0.4 is 10.6 Å². The van der Waals surface area contributed by atoms with Gasteiger partial charge in [0.1, 0.15) is 0 Å². The van der Waals surface area contributed by atoms with Crippen LogP contribution in [0.5, 0.6) is 0 Å². The van der Waals surface area contributed by atoms with Gasteiger partial charge in [-0.05, 0) is 36.1 Å². The molecule has 142 valence electrons. The quantitative estimate of drug-likeness (QED) is 0.559. The zero-order valence-corrected chi connectivity index (χ0v) is 16.0. The Balaban J connectivity index is 1.67. The van der Waals surface area contributed by atoms with E-state index in [0.29, 0.717) is 16.3 Å². The van der Waals surface area contributed by atoms with E-state index in [9.17, 15) is 8.42 Å². The lowest BCUT2D eigenvalue weighted by molar-refractivity contribution is 0.593. The van der Waals surface area contributed by atoms with Gasteiger partial charge in [0, 0.05) is 35.6 Å². The summed E-state index contributed by atoms with van der Waals surface area (Å²) in [5.41, 5.74) is 7.70. The monoisotopic (exact) mass is 392 g/mol. The number of aromatic amines is 1. The molecule has 0 spiro atoms. The fourth-order valence-corrected chi connectivity index (χ4v) is 5.50. The number of aromatic nitrogens is 2. The van der Waals surface area contributed by atoms with E-state index < -0.39 is 9.84 Å². The molecule has 1 atom stereocenters. The van der Waals surface area contributed by atoms with Crippen LogP contribution in [-0.4, -0.2) is 37.7 Å². The summed E-state index contributed by atoms with van der Waals surface area (Å²) < 4.78 is 27.0. The van der Waals surface area contributed by atoms with Crippen molar-refractivity contribution in [2.24, 2.45) is 5.73 Å². The smallest absolute Gasteiger partial charge is 0.226 e. The fourth-order valence-electron chi connectivity index (χ4n) is 3.94. The maximum absolute atomic E-state index is 13.5. The highest BCUT2D eigenvalue weighted by atomic mass is 32.2. The van der Waals surface area contributed by atoms with Gasteiger partial charge in [0.05, 0.1) is 10.4 Å². The van der Waals surface area contributed by atoms with E-state index in [4.69, 9.17) is 5.73 Å². The van der Waals surface area contributed by atoms with Crippen LogP contribution in [0.4, 0.5) is 5.69 Å². The van der Waals surface area contributed by atoms with Crippen molar-refractivity contribution in [1.29, 1.82) is 0 Å². The minimum Gasteiger partial charge on any atom is -0.370 e. The average Bonchev–Trinajstić information content (AvgIpc) is 3.33. The molecule has 0 unspecified atom stereocenters. The average molecular weight is 392 g/mol. The van der Waals surface area contributed by atoms with Crippen LogP contribution in [0, 0.1) is 0 Å². The Kier molecular flexibility index (Phi) is 3.89. The molecule has 1 saturated heterocycles. The first-order valence-corrected chi connectivity index (χ1v) is 10.7. The Morgan fingerprint density at radius 2 is 1.86 bits per heavy atom. The molecule has 1 fully saturated rings. The van der Waals surface area contributed by atoms with Gasteiger partial charge in [0.25, 0.3) is 0 Å². The number of sulfone groups is 1. The van der Waals surface area contributed by atoms with Gasteiger partial charge in [-0.3, -0.25) is 5.10 Å². The van der Waals surface area contributed by atoms with E-state index >= 15 is 0 Å². The summed E-state index contributed by atoms with van der Waals surface area (Å²) in [5, 5.41) is 9.29. The summed E-state index contributed by atoms with van der Waals surface area (Å²) in [7, 11) is -3.79. The number of fused-ring (bicyclic) bond motifs is 2. The molecule has 6 nitrogen and oxygen atoms in total. The van der Waals surface area contributed by atoms with E-state index in [1.807, 2.05) is 48.5 Å². The fraction of sp³-hybridized carbons (Fsp3) is 0.190. The van der Waals surface area contributed by atoms with Gasteiger partial charge in [-0.15, -0.1) is 0 Å². The highest BCUT2D eigenvalue weighted by Gasteiger charge is 2.27. The number of nitrogens with zero attached hydrogens (tertiary/aromatic N) is 2. The predicted octanol–water partition coefficient (Wildman–Crippen LogP) is 3.09. The van der Waals surface area contributed by atoms with E-state index in [-0.39, 0.29) is 16.0 Å². The maximum Gasteiger partial charge on any atom is 0.226 e. The number of anilines is 1. The molecule has 1 aliphatic rings. The van der Waals surface area contributed by atoms with Crippen LogP contribution in [0.15, 0.2) is 70.6 Å². The van der Waals surface area contributed by atoms with Crippen molar-refractivity contribution in [2.75, 3.05) is 18.0 Å². The van der Waals surface area contributed by atoms with E-state index in [2.05, 4.69) is 15.1 Å². The van der Waals surface area contributed by atoms with Crippen molar-refractivity contribution in [3.8, 4) is 0 Å². The minimum absolute atomic E-state index is 0.0594. The topological polar surface area (TPSA) is 92.1 Å². The summed E-state index contributed by atoms with van der Waals surface area (Å²) in [4.78, 5) is 2.46. The summed E-state index contributed by atoms with van der Waals surface area (Å²) >= 11 is 0. The van der Waals surface area contributed by atoms with Crippen LogP contribution in [0.1, 0.15) is 6.42 Å². The van der Waals surface area contributed by atoms with Crippen LogP contribution >= 0.6 is 0 Å². The molecule has 3 N–H and O–H groups in total. The van der Waals surface area contributed by atoms with Gasteiger partial charge in [-0.2, -0.15) is 5.10 Å². The first kappa shape index (κ1) is 17.2. The SMILES string of the molecule is N[C@H]1CCN(c2ccc3[nH]nc(S(=O)(=O)c4cccc5ccccc45)c3c2)C1. The molecule has 4 aromatic rings. The van der Waals surface area contributed by atoms with Crippen LogP contribution in [-0.2, 0) is 9.84 Å². The standard InChI is InChI=1S/C21H20N4O2S/c22-15-10-11-25(13-15)16-8-9-19-18(12-16)21(24-23-19)28(26,27)20-7-3-5-14-4-1-2-6-17(14)20/h1-9,12,15H,10-11,13,22H2,(H,23,24)/t15-/m0/s1. The lowest BCUT2D eigenvalue weighted by Gasteiger charge is -2.18. The third kappa shape index (κ3) is 2.66. The summed E-state index contributed by atoms with van der Waals surface area (Å²) in [6, 6.07) is 18.7. The molecule has 7 heteroatoms. The van der Waals surface area contributed by atoms with E-state index in [1.54, 1.807) is 12.1 Å². The summed E-state index contributed by atoms with van der Waals surface area (Å²) in [6.45, 7) is 1.64. The molecule has 3 aromatic carbocycles. The molecule has 0 radical (unpaired) electrons. The van der Waals surface area contributed by atoms with Crippen molar-refractivity contribution >= 4 is 37.2 Å². The van der Waals surface area contributed by atoms with Gasteiger partial charge in [0.15, 0.2) is 5.03 Å². The van der Waals surface area contributed by atoms with Crippen molar-refractivity contribution in [1.82, 2.24) is 10.2 Å². The molecule has 1 aliphatic heterocycles. The van der Waals surface area contributed by atoms with Gasteiger partial charge >= 0.3 is 0 Å². The molecule has 0 saturated carbocycles. The van der Waals surface area contributed by atoms with Gasteiger partial charge < -0.3 is 10.6 Å². The molecule has 0 amide bonds. The second-order valence-electron chi connectivity index (χ2n) is 7.23. The van der Waals surface area contributed by atoms with Gasteiger partial charge in [-0.25, -0.2) is 8.42 Å². The van der Waals surface area contributed by atoms with Gasteiger partial charge in [0.2, 0.25) is 9.84 Å². The van der Waals surface area contributed by atoms with Crippen molar-refractivity contribution in [3.05, 3.63) is 60.7 Å². The second-order valence-corrected chi connectivity index (χ2v) is 9.07. The molecule has 0 aliphatic carbocycles. The van der Waals surface area contributed by atoms with Crippen LogP contribution in [0.25, 0.3) is 21.7 Å². The van der Waals surface area contributed by atoms with Gasteiger partial charge in [-0.1, -0.05) is 36.4 Å². The third-order valence-electron chi connectivity index (χ3n) is 5.40. The normalized spacial score (nSPS) is 17.6. The lowest BCUT2D eigenvalue weighted by atomic mass is 10.1. The molecule has 0 bridgehead atoms. The largest absolute Gasteiger partial charge is 0.370 e. The molecular formula is C21H20N4O2S. The first-order valence-electron chi connectivity index (χ1n) is 9.25.